The molecule has 3 heterocycles. The third-order valence-corrected chi connectivity index (χ3v) is 5.52. The molecule has 1 atom stereocenters. The van der Waals surface area contributed by atoms with Gasteiger partial charge in [0.2, 0.25) is 0 Å². The van der Waals surface area contributed by atoms with Crippen LogP contribution < -0.4 is 4.90 Å². The molecule has 6 nitrogen and oxygen atoms in total. The first-order chi connectivity index (χ1) is 11.0. The number of carbonyl (C=O) groups is 1. The van der Waals surface area contributed by atoms with Crippen LogP contribution in [0.5, 0.6) is 0 Å². The Kier molecular flexibility index (Phi) is 4.39. The van der Waals surface area contributed by atoms with Gasteiger partial charge in [-0.15, -0.1) is 11.3 Å². The highest BCUT2D eigenvalue weighted by molar-refractivity contribution is 7.18. The molecule has 1 unspecified atom stereocenters. The van der Waals surface area contributed by atoms with E-state index in [4.69, 9.17) is 0 Å². The fraction of sp³-hybridized carbons (Fsp3) is 0.562. The van der Waals surface area contributed by atoms with E-state index < -0.39 is 0 Å². The molecule has 1 fully saturated rings. The second kappa shape index (κ2) is 6.31. The number of carbonyl (C=O) groups excluding carboxylic acids is 1. The lowest BCUT2D eigenvalue weighted by molar-refractivity contribution is 0.157. The Morgan fingerprint density at radius 3 is 2.87 bits per heavy atom. The molecule has 23 heavy (non-hydrogen) atoms. The van der Waals surface area contributed by atoms with Crippen molar-refractivity contribution in [3.63, 3.8) is 0 Å². The Balaban J connectivity index is 1.84. The predicted molar refractivity (Wildman–Crippen MR) is 94.2 cm³/mol. The topological polar surface area (TPSA) is 52.6 Å². The van der Waals surface area contributed by atoms with E-state index in [1.54, 1.807) is 36.7 Å². The lowest BCUT2D eigenvalue weighted by Crippen LogP contribution is -2.51. The van der Waals surface area contributed by atoms with Gasteiger partial charge < -0.3 is 14.7 Å². The molecule has 1 aliphatic rings. The summed E-state index contributed by atoms with van der Waals surface area (Å²) in [5, 5.41) is 2.13. The van der Waals surface area contributed by atoms with Crippen LogP contribution in [-0.4, -0.2) is 66.1 Å². The van der Waals surface area contributed by atoms with E-state index in [0.717, 1.165) is 42.0 Å². The number of amides is 2. The van der Waals surface area contributed by atoms with Crippen LogP contribution in [0.25, 0.3) is 10.2 Å². The molecular formula is C16H23N5OS. The fourth-order valence-corrected chi connectivity index (χ4v) is 4.14. The minimum Gasteiger partial charge on any atom is -0.353 e. The Labute approximate surface area is 140 Å². The maximum absolute atomic E-state index is 12.2. The van der Waals surface area contributed by atoms with Crippen LogP contribution in [0, 0.1) is 6.92 Å². The third kappa shape index (κ3) is 2.97. The first-order valence-electron chi connectivity index (χ1n) is 7.87. The van der Waals surface area contributed by atoms with Gasteiger partial charge in [-0.05, 0) is 30.7 Å². The summed E-state index contributed by atoms with van der Waals surface area (Å²) >= 11 is 1.70. The number of aryl methyl sites for hydroxylation is 1. The van der Waals surface area contributed by atoms with Gasteiger partial charge in [0.1, 0.15) is 12.1 Å². The summed E-state index contributed by atoms with van der Waals surface area (Å²) in [6.45, 7) is 3.88. The molecule has 0 N–H and O–H groups in total. The molecule has 3 rings (SSSR count). The Morgan fingerprint density at radius 2 is 2.13 bits per heavy atom. The molecule has 0 saturated carbocycles. The van der Waals surface area contributed by atoms with E-state index in [0.29, 0.717) is 0 Å². The van der Waals surface area contributed by atoms with Crippen LogP contribution in [0.3, 0.4) is 0 Å². The first kappa shape index (κ1) is 16.0. The fourth-order valence-electron chi connectivity index (χ4n) is 3.12. The Morgan fingerprint density at radius 1 is 1.35 bits per heavy atom. The normalized spacial score (nSPS) is 18.3. The van der Waals surface area contributed by atoms with Crippen molar-refractivity contribution in [1.29, 1.82) is 0 Å². The third-order valence-electron chi connectivity index (χ3n) is 4.44. The number of likely N-dealkylation sites (N-methyl/N-ethyl adjacent to an activating group) is 1. The Hall–Kier alpha value is -1.89. The predicted octanol–water partition coefficient (Wildman–Crippen LogP) is 2.58. The van der Waals surface area contributed by atoms with Crippen molar-refractivity contribution in [2.45, 2.75) is 25.8 Å². The quantitative estimate of drug-likeness (QED) is 0.848. The molecule has 2 aromatic heterocycles. The monoisotopic (exact) mass is 333 g/mol. The molecule has 0 bridgehead atoms. The standard InChI is InChI=1S/C16H23N5OS/c1-11-9-23-14-13(11)17-10-18-15(14)21-7-5-6-12(8-21)20(4)16(22)19(2)3/h9-10,12H,5-8H2,1-4H3. The van der Waals surface area contributed by atoms with E-state index in [2.05, 4.69) is 27.2 Å². The van der Waals surface area contributed by atoms with Gasteiger partial charge in [0, 0.05) is 34.2 Å². The van der Waals surface area contributed by atoms with Gasteiger partial charge in [0.15, 0.2) is 0 Å². The molecule has 2 amide bonds. The second-order valence-electron chi connectivity index (χ2n) is 6.32. The largest absolute Gasteiger partial charge is 0.353 e. The molecule has 0 spiro atoms. The van der Waals surface area contributed by atoms with Gasteiger partial charge in [-0.1, -0.05) is 0 Å². The summed E-state index contributed by atoms with van der Waals surface area (Å²) in [4.78, 5) is 26.9. The van der Waals surface area contributed by atoms with Gasteiger partial charge in [-0.25, -0.2) is 14.8 Å². The zero-order valence-corrected chi connectivity index (χ0v) is 14.9. The van der Waals surface area contributed by atoms with Crippen molar-refractivity contribution in [2.24, 2.45) is 0 Å². The van der Waals surface area contributed by atoms with E-state index in [-0.39, 0.29) is 12.1 Å². The van der Waals surface area contributed by atoms with E-state index in [9.17, 15) is 4.79 Å². The van der Waals surface area contributed by atoms with Crippen molar-refractivity contribution in [1.82, 2.24) is 19.8 Å². The zero-order chi connectivity index (χ0) is 16.6. The second-order valence-corrected chi connectivity index (χ2v) is 7.20. The number of nitrogens with zero attached hydrogens (tertiary/aromatic N) is 5. The molecule has 2 aromatic rings. The van der Waals surface area contributed by atoms with E-state index in [1.807, 2.05) is 11.9 Å². The average Bonchev–Trinajstić information content (AvgIpc) is 2.95. The number of hydrogen-bond acceptors (Lipinski definition) is 5. The summed E-state index contributed by atoms with van der Waals surface area (Å²) in [6, 6.07) is 0.265. The van der Waals surface area contributed by atoms with Crippen molar-refractivity contribution >= 4 is 33.4 Å². The van der Waals surface area contributed by atoms with Crippen molar-refractivity contribution in [2.75, 3.05) is 39.1 Å². The molecular weight excluding hydrogens is 310 g/mol. The lowest BCUT2D eigenvalue weighted by atomic mass is 10.0. The number of aromatic nitrogens is 2. The first-order valence-corrected chi connectivity index (χ1v) is 8.75. The smallest absolute Gasteiger partial charge is 0.319 e. The van der Waals surface area contributed by atoms with Crippen LogP contribution in [0.2, 0.25) is 0 Å². The molecule has 0 radical (unpaired) electrons. The SMILES string of the molecule is Cc1csc2c(N3CCCC(N(C)C(=O)N(C)C)C3)ncnc12. The molecule has 7 heteroatoms. The van der Waals surface area contributed by atoms with Crippen LogP contribution in [-0.2, 0) is 0 Å². The van der Waals surface area contributed by atoms with Crippen molar-refractivity contribution < 1.29 is 4.79 Å². The zero-order valence-electron chi connectivity index (χ0n) is 14.1. The maximum atomic E-state index is 12.2. The summed E-state index contributed by atoms with van der Waals surface area (Å²) in [6.07, 6.45) is 3.74. The minimum absolute atomic E-state index is 0.0525. The lowest BCUT2D eigenvalue weighted by Gasteiger charge is -2.39. The van der Waals surface area contributed by atoms with Gasteiger partial charge in [0.25, 0.3) is 0 Å². The molecule has 0 aliphatic carbocycles. The highest BCUT2D eigenvalue weighted by atomic mass is 32.1. The minimum atomic E-state index is 0.0525. The van der Waals surface area contributed by atoms with Gasteiger partial charge >= 0.3 is 6.03 Å². The number of rotatable bonds is 2. The summed E-state index contributed by atoms with van der Waals surface area (Å²) in [5.74, 6) is 1.00. The molecule has 124 valence electrons. The molecule has 1 aliphatic heterocycles. The molecule has 1 saturated heterocycles. The number of fused-ring (bicyclic) bond motifs is 1. The maximum Gasteiger partial charge on any atom is 0.319 e. The Bertz CT molecular complexity index is 714. The summed E-state index contributed by atoms with van der Waals surface area (Å²) in [5.41, 5.74) is 2.24. The summed E-state index contributed by atoms with van der Waals surface area (Å²) < 4.78 is 1.15. The number of anilines is 1. The highest BCUT2D eigenvalue weighted by Gasteiger charge is 2.28. The number of urea groups is 1. The van der Waals surface area contributed by atoms with E-state index >= 15 is 0 Å². The number of hydrogen-bond donors (Lipinski definition) is 0. The molecule has 0 aromatic carbocycles. The van der Waals surface area contributed by atoms with Crippen LogP contribution in [0.4, 0.5) is 10.6 Å². The average molecular weight is 333 g/mol. The van der Waals surface area contributed by atoms with Gasteiger partial charge in [-0.3, -0.25) is 0 Å². The van der Waals surface area contributed by atoms with Crippen LogP contribution >= 0.6 is 11.3 Å². The van der Waals surface area contributed by atoms with Crippen molar-refractivity contribution in [3.8, 4) is 0 Å². The number of piperidine rings is 1. The number of thiophene rings is 1. The van der Waals surface area contributed by atoms with Crippen molar-refractivity contribution in [3.05, 3.63) is 17.3 Å². The highest BCUT2D eigenvalue weighted by Crippen LogP contribution is 2.32. The van der Waals surface area contributed by atoms with E-state index in [1.165, 1.54) is 5.56 Å². The van der Waals surface area contributed by atoms with Gasteiger partial charge in [-0.2, -0.15) is 0 Å². The van der Waals surface area contributed by atoms with Crippen LogP contribution in [0.15, 0.2) is 11.7 Å². The van der Waals surface area contributed by atoms with Crippen LogP contribution in [0.1, 0.15) is 18.4 Å². The van der Waals surface area contributed by atoms with Gasteiger partial charge in [0.05, 0.1) is 16.3 Å². The summed E-state index contributed by atoms with van der Waals surface area (Å²) in [7, 11) is 5.48.